The Labute approximate surface area is 155 Å². The molecule has 0 fully saturated rings. The summed E-state index contributed by atoms with van der Waals surface area (Å²) in [6, 6.07) is 12.3. The van der Waals surface area contributed by atoms with Gasteiger partial charge in [-0.3, -0.25) is 14.9 Å². The summed E-state index contributed by atoms with van der Waals surface area (Å²) in [5.41, 5.74) is 1.64. The van der Waals surface area contributed by atoms with Crippen LogP contribution in [-0.2, 0) is 17.1 Å². The minimum absolute atomic E-state index is 0.0759. The lowest BCUT2D eigenvalue weighted by Crippen LogP contribution is -2.24. The molecule has 1 amide bonds. The maximum absolute atomic E-state index is 11.9. The molecular weight excluding hydrogens is 356 g/mol. The minimum Gasteiger partial charge on any atom is -0.497 e. The molecule has 2 aromatic rings. The molecule has 2 aromatic carbocycles. The molecule has 0 aliphatic rings. The fraction of sp³-hybridized carbons (Fsp3) is 0.278. The van der Waals surface area contributed by atoms with E-state index >= 15 is 0 Å². The molecule has 0 aliphatic carbocycles. The lowest BCUT2D eigenvalue weighted by atomic mass is 10.2. The van der Waals surface area contributed by atoms with E-state index in [1.807, 2.05) is 24.3 Å². The Kier molecular flexibility index (Phi) is 7.28. The Morgan fingerprint density at radius 2 is 1.96 bits per heavy atom. The summed E-state index contributed by atoms with van der Waals surface area (Å²) in [6.45, 7) is 0.421. The van der Waals surface area contributed by atoms with Crippen LogP contribution in [0.15, 0.2) is 42.5 Å². The van der Waals surface area contributed by atoms with Crippen molar-refractivity contribution in [2.45, 2.75) is 12.3 Å². The van der Waals surface area contributed by atoms with Crippen LogP contribution in [0.25, 0.3) is 0 Å². The predicted octanol–water partition coefficient (Wildman–Crippen LogP) is 3.16. The lowest BCUT2D eigenvalue weighted by molar-refractivity contribution is -0.385. The van der Waals surface area contributed by atoms with Gasteiger partial charge in [0, 0.05) is 18.4 Å². The van der Waals surface area contributed by atoms with Gasteiger partial charge in [0.05, 0.1) is 24.9 Å². The molecule has 0 radical (unpaired) electrons. The predicted molar refractivity (Wildman–Crippen MR) is 101 cm³/mol. The number of benzene rings is 2. The topological polar surface area (TPSA) is 90.7 Å². The zero-order valence-electron chi connectivity index (χ0n) is 14.6. The van der Waals surface area contributed by atoms with Gasteiger partial charge >= 0.3 is 5.69 Å². The Hall–Kier alpha value is -2.74. The van der Waals surface area contributed by atoms with Crippen LogP contribution in [0.3, 0.4) is 0 Å². The monoisotopic (exact) mass is 376 g/mol. The van der Waals surface area contributed by atoms with Gasteiger partial charge in [0.25, 0.3) is 0 Å². The van der Waals surface area contributed by atoms with E-state index in [4.69, 9.17) is 9.47 Å². The molecule has 0 bridgehead atoms. The van der Waals surface area contributed by atoms with Gasteiger partial charge in [0.15, 0.2) is 5.75 Å². The molecule has 0 saturated carbocycles. The molecule has 0 atom stereocenters. The number of nitrogens with zero attached hydrogens (tertiary/aromatic N) is 1. The Morgan fingerprint density at radius 1 is 1.15 bits per heavy atom. The summed E-state index contributed by atoms with van der Waals surface area (Å²) in [6.07, 6.45) is 0. The smallest absolute Gasteiger partial charge is 0.311 e. The van der Waals surface area contributed by atoms with Crippen molar-refractivity contribution in [3.8, 4) is 11.5 Å². The quantitative estimate of drug-likeness (QED) is 0.534. The van der Waals surface area contributed by atoms with Gasteiger partial charge in [0.2, 0.25) is 5.91 Å². The molecule has 26 heavy (non-hydrogen) atoms. The second-order valence-corrected chi connectivity index (χ2v) is 6.37. The van der Waals surface area contributed by atoms with E-state index in [0.717, 1.165) is 16.9 Å². The van der Waals surface area contributed by atoms with Gasteiger partial charge in [-0.05, 0) is 29.3 Å². The number of carbonyl (C=O) groups is 1. The average Bonchev–Trinajstić information content (AvgIpc) is 2.66. The van der Waals surface area contributed by atoms with Crippen LogP contribution in [-0.4, -0.2) is 30.8 Å². The highest BCUT2D eigenvalue weighted by Crippen LogP contribution is 2.28. The molecule has 7 nitrogen and oxygen atoms in total. The Bertz CT molecular complexity index is 782. The van der Waals surface area contributed by atoms with Crippen LogP contribution in [0.1, 0.15) is 11.1 Å². The van der Waals surface area contributed by atoms with Crippen LogP contribution in [0.4, 0.5) is 5.69 Å². The van der Waals surface area contributed by atoms with Gasteiger partial charge in [-0.25, -0.2) is 0 Å². The Balaban J connectivity index is 1.81. The van der Waals surface area contributed by atoms with E-state index < -0.39 is 4.92 Å². The number of amides is 1. The molecule has 0 heterocycles. The molecule has 138 valence electrons. The molecular formula is C18H20N2O5S. The number of thioether (sulfide) groups is 1. The summed E-state index contributed by atoms with van der Waals surface area (Å²) >= 11 is 1.39. The van der Waals surface area contributed by atoms with Crippen molar-refractivity contribution in [1.29, 1.82) is 0 Å². The third kappa shape index (κ3) is 5.66. The molecule has 0 spiro atoms. The maximum atomic E-state index is 11.9. The highest BCUT2D eigenvalue weighted by molar-refractivity contribution is 7.99. The van der Waals surface area contributed by atoms with E-state index in [0.29, 0.717) is 12.3 Å². The number of nitro benzene ring substituents is 1. The number of nitrogens with one attached hydrogen (secondary N) is 1. The maximum Gasteiger partial charge on any atom is 0.311 e. The van der Waals surface area contributed by atoms with Gasteiger partial charge < -0.3 is 14.8 Å². The zero-order valence-corrected chi connectivity index (χ0v) is 15.4. The van der Waals surface area contributed by atoms with Crippen molar-refractivity contribution in [1.82, 2.24) is 5.32 Å². The van der Waals surface area contributed by atoms with E-state index in [1.165, 1.54) is 24.9 Å². The Morgan fingerprint density at radius 3 is 2.65 bits per heavy atom. The third-order valence-electron chi connectivity index (χ3n) is 3.57. The first-order chi connectivity index (χ1) is 12.5. The second kappa shape index (κ2) is 9.67. The van der Waals surface area contributed by atoms with Crippen LogP contribution in [0.2, 0.25) is 0 Å². The summed E-state index contributed by atoms with van der Waals surface area (Å²) in [7, 11) is 2.99. The SMILES string of the molecule is COc1cccc(CNC(=O)CSCc2ccc(OC)c([N+](=O)[O-])c2)c1. The van der Waals surface area contributed by atoms with Gasteiger partial charge in [-0.15, -0.1) is 11.8 Å². The van der Waals surface area contributed by atoms with Crippen LogP contribution < -0.4 is 14.8 Å². The lowest BCUT2D eigenvalue weighted by Gasteiger charge is -2.07. The van der Waals surface area contributed by atoms with Crippen molar-refractivity contribution < 1.29 is 19.2 Å². The highest BCUT2D eigenvalue weighted by atomic mass is 32.2. The number of ether oxygens (including phenoxy) is 2. The number of carbonyl (C=O) groups excluding carboxylic acids is 1. The highest BCUT2D eigenvalue weighted by Gasteiger charge is 2.15. The van der Waals surface area contributed by atoms with E-state index in [1.54, 1.807) is 19.2 Å². The van der Waals surface area contributed by atoms with Crippen LogP contribution in [0.5, 0.6) is 11.5 Å². The second-order valence-electron chi connectivity index (χ2n) is 5.38. The molecule has 0 unspecified atom stereocenters. The summed E-state index contributed by atoms with van der Waals surface area (Å²) < 4.78 is 10.1. The first kappa shape index (κ1) is 19.6. The van der Waals surface area contributed by atoms with Gasteiger partial charge in [-0.1, -0.05) is 18.2 Å². The number of rotatable bonds is 9. The molecule has 0 aromatic heterocycles. The largest absolute Gasteiger partial charge is 0.497 e. The van der Waals surface area contributed by atoms with Crippen molar-refractivity contribution >= 4 is 23.4 Å². The number of hydrogen-bond acceptors (Lipinski definition) is 6. The van der Waals surface area contributed by atoms with E-state index in [2.05, 4.69) is 5.32 Å². The van der Waals surface area contributed by atoms with Crippen LogP contribution >= 0.6 is 11.8 Å². The van der Waals surface area contributed by atoms with Crippen molar-refractivity contribution in [3.63, 3.8) is 0 Å². The molecule has 1 N–H and O–H groups in total. The minimum atomic E-state index is -0.478. The van der Waals surface area contributed by atoms with E-state index in [-0.39, 0.29) is 23.1 Å². The first-order valence-corrected chi connectivity index (χ1v) is 8.97. The molecule has 0 saturated heterocycles. The third-order valence-corrected chi connectivity index (χ3v) is 4.57. The fourth-order valence-corrected chi connectivity index (χ4v) is 3.07. The molecule has 8 heteroatoms. The summed E-state index contributed by atoms with van der Waals surface area (Å²) in [5.74, 6) is 1.63. The normalized spacial score (nSPS) is 10.2. The zero-order chi connectivity index (χ0) is 18.9. The summed E-state index contributed by atoms with van der Waals surface area (Å²) in [4.78, 5) is 22.5. The van der Waals surface area contributed by atoms with Crippen LogP contribution in [0, 0.1) is 10.1 Å². The van der Waals surface area contributed by atoms with Crippen molar-refractivity contribution in [2.75, 3.05) is 20.0 Å². The average molecular weight is 376 g/mol. The van der Waals surface area contributed by atoms with Crippen molar-refractivity contribution in [2.24, 2.45) is 0 Å². The van der Waals surface area contributed by atoms with Gasteiger partial charge in [0.1, 0.15) is 5.75 Å². The molecule has 2 rings (SSSR count). The standard InChI is InChI=1S/C18H20N2O5S/c1-24-15-5-3-4-13(8-15)10-19-18(21)12-26-11-14-6-7-17(25-2)16(9-14)20(22)23/h3-9H,10-12H2,1-2H3,(H,19,21). The number of methoxy groups -OCH3 is 2. The van der Waals surface area contributed by atoms with Crippen molar-refractivity contribution in [3.05, 3.63) is 63.7 Å². The number of nitro groups is 1. The first-order valence-electron chi connectivity index (χ1n) is 7.82. The van der Waals surface area contributed by atoms with Gasteiger partial charge in [-0.2, -0.15) is 0 Å². The fourth-order valence-electron chi connectivity index (χ4n) is 2.26. The molecule has 0 aliphatic heterocycles. The van der Waals surface area contributed by atoms with E-state index in [9.17, 15) is 14.9 Å². The number of hydrogen-bond donors (Lipinski definition) is 1. The summed E-state index contributed by atoms with van der Waals surface area (Å²) in [5, 5.41) is 13.9.